The Hall–Kier alpha value is -2.75. The molecule has 0 saturated carbocycles. The molecule has 2 aromatic carbocycles. The van der Waals surface area contributed by atoms with E-state index >= 15 is 0 Å². The lowest BCUT2D eigenvalue weighted by Gasteiger charge is -2.12. The number of hydrogen-bond acceptors (Lipinski definition) is 4. The Morgan fingerprint density at radius 1 is 1.09 bits per heavy atom. The minimum absolute atomic E-state index is 0.132. The lowest BCUT2D eigenvalue weighted by Crippen LogP contribution is -2.04. The summed E-state index contributed by atoms with van der Waals surface area (Å²) in [5, 5.41) is 10.1. The van der Waals surface area contributed by atoms with E-state index in [-0.39, 0.29) is 22.8 Å². The van der Waals surface area contributed by atoms with Gasteiger partial charge in [-0.25, -0.2) is 0 Å². The lowest BCUT2D eigenvalue weighted by molar-refractivity contribution is 0.103. The van der Waals surface area contributed by atoms with Gasteiger partial charge >= 0.3 is 0 Å². The van der Waals surface area contributed by atoms with Crippen LogP contribution in [0.5, 0.6) is 17.2 Å². The molecule has 0 saturated heterocycles. The number of benzene rings is 2. The summed E-state index contributed by atoms with van der Waals surface area (Å²) < 4.78 is 10.3. The second-order valence-electron chi connectivity index (χ2n) is 4.79. The number of ketones is 1. The van der Waals surface area contributed by atoms with E-state index < -0.39 is 0 Å². The van der Waals surface area contributed by atoms with Gasteiger partial charge in [-0.2, -0.15) is 0 Å². The van der Waals surface area contributed by atoms with Crippen LogP contribution in [0.4, 0.5) is 0 Å². The van der Waals surface area contributed by atoms with E-state index in [0.717, 1.165) is 5.56 Å². The van der Waals surface area contributed by atoms with Gasteiger partial charge in [0, 0.05) is 12.1 Å². The Bertz CT molecular complexity index is 703. The molecule has 4 nitrogen and oxygen atoms in total. The fourth-order valence-corrected chi connectivity index (χ4v) is 2.15. The maximum Gasteiger partial charge on any atom is 0.196 e. The van der Waals surface area contributed by atoms with Crippen LogP contribution < -0.4 is 9.47 Å². The third-order valence-corrected chi connectivity index (χ3v) is 3.28. The molecular weight excluding hydrogens is 280 g/mol. The van der Waals surface area contributed by atoms with Crippen LogP contribution in [-0.4, -0.2) is 25.1 Å². The Morgan fingerprint density at radius 2 is 1.77 bits per heavy atom. The van der Waals surface area contributed by atoms with Gasteiger partial charge in [-0.1, -0.05) is 30.3 Å². The summed E-state index contributed by atoms with van der Waals surface area (Å²) in [7, 11) is 2.93. The van der Waals surface area contributed by atoms with Crippen LogP contribution in [0.2, 0.25) is 0 Å². The number of allylic oxidation sites excluding steroid dienone is 1. The van der Waals surface area contributed by atoms with Crippen molar-refractivity contribution in [2.75, 3.05) is 14.2 Å². The molecule has 0 aliphatic rings. The predicted molar refractivity (Wildman–Crippen MR) is 85.6 cm³/mol. The summed E-state index contributed by atoms with van der Waals surface area (Å²) in [5.41, 5.74) is 1.55. The normalized spacial score (nSPS) is 11.1. The van der Waals surface area contributed by atoms with Gasteiger partial charge in [0.25, 0.3) is 0 Å². The van der Waals surface area contributed by atoms with Gasteiger partial charge in [0.15, 0.2) is 5.78 Å². The van der Waals surface area contributed by atoms with E-state index in [4.69, 9.17) is 9.47 Å². The summed E-state index contributed by atoms with van der Waals surface area (Å²) in [4.78, 5) is 12.6. The molecule has 0 spiro atoms. The third kappa shape index (κ3) is 3.28. The van der Waals surface area contributed by atoms with Crippen molar-refractivity contribution in [1.29, 1.82) is 0 Å². The van der Waals surface area contributed by atoms with Crippen molar-refractivity contribution in [2.45, 2.75) is 6.92 Å². The molecule has 0 aliphatic heterocycles. The Labute approximate surface area is 129 Å². The molecule has 2 rings (SSSR count). The molecule has 0 fully saturated rings. The fourth-order valence-electron chi connectivity index (χ4n) is 2.15. The van der Waals surface area contributed by atoms with Crippen molar-refractivity contribution in [3.05, 3.63) is 59.2 Å². The Morgan fingerprint density at radius 3 is 2.36 bits per heavy atom. The first-order valence-electron chi connectivity index (χ1n) is 6.80. The van der Waals surface area contributed by atoms with Gasteiger partial charge in [-0.3, -0.25) is 4.79 Å². The maximum atomic E-state index is 12.6. The first kappa shape index (κ1) is 15.6. The van der Waals surface area contributed by atoms with Gasteiger partial charge in [0.05, 0.1) is 14.2 Å². The van der Waals surface area contributed by atoms with Crippen LogP contribution in [0.25, 0.3) is 6.08 Å². The molecule has 4 heteroatoms. The molecule has 0 heterocycles. The summed E-state index contributed by atoms with van der Waals surface area (Å²) in [6, 6.07) is 12.5. The van der Waals surface area contributed by atoms with E-state index in [1.54, 1.807) is 19.1 Å². The van der Waals surface area contributed by atoms with E-state index in [1.807, 2.05) is 30.3 Å². The Balaban J connectivity index is 2.43. The van der Waals surface area contributed by atoms with Crippen LogP contribution in [0, 0.1) is 0 Å². The van der Waals surface area contributed by atoms with Crippen molar-refractivity contribution in [3.8, 4) is 17.2 Å². The molecule has 0 aliphatic carbocycles. The van der Waals surface area contributed by atoms with Crippen molar-refractivity contribution >= 4 is 11.9 Å². The highest BCUT2D eigenvalue weighted by Crippen LogP contribution is 2.35. The number of rotatable bonds is 5. The first-order chi connectivity index (χ1) is 10.6. The molecule has 114 valence electrons. The van der Waals surface area contributed by atoms with Crippen molar-refractivity contribution in [1.82, 2.24) is 0 Å². The molecule has 2 aromatic rings. The monoisotopic (exact) mass is 298 g/mol. The van der Waals surface area contributed by atoms with Gasteiger partial charge < -0.3 is 14.6 Å². The van der Waals surface area contributed by atoms with E-state index in [2.05, 4.69) is 0 Å². The van der Waals surface area contributed by atoms with Crippen LogP contribution >= 0.6 is 0 Å². The molecule has 0 amide bonds. The highest BCUT2D eigenvalue weighted by atomic mass is 16.5. The number of hydrogen-bond donors (Lipinski definition) is 1. The van der Waals surface area contributed by atoms with Gasteiger partial charge in [-0.15, -0.1) is 0 Å². The predicted octanol–water partition coefficient (Wildman–Crippen LogP) is 3.70. The quantitative estimate of drug-likeness (QED) is 0.675. The van der Waals surface area contributed by atoms with Gasteiger partial charge in [0.1, 0.15) is 22.8 Å². The molecular formula is C18H18O4. The average Bonchev–Trinajstić information content (AvgIpc) is 2.54. The number of carbonyl (C=O) groups excluding carboxylic acids is 1. The lowest BCUT2D eigenvalue weighted by atomic mass is 10.00. The summed E-state index contributed by atoms with van der Waals surface area (Å²) in [5.74, 6) is 0.251. The molecule has 0 unspecified atom stereocenters. The number of carbonyl (C=O) groups is 1. The average molecular weight is 298 g/mol. The van der Waals surface area contributed by atoms with Crippen molar-refractivity contribution < 1.29 is 19.4 Å². The zero-order valence-corrected chi connectivity index (χ0v) is 12.8. The minimum Gasteiger partial charge on any atom is -0.507 e. The van der Waals surface area contributed by atoms with Crippen LogP contribution in [0.15, 0.2) is 48.0 Å². The zero-order valence-electron chi connectivity index (χ0n) is 12.8. The molecule has 0 bridgehead atoms. The van der Waals surface area contributed by atoms with Gasteiger partial charge in [-0.05, 0) is 24.1 Å². The second-order valence-corrected chi connectivity index (χ2v) is 4.79. The molecule has 0 radical (unpaired) electrons. The summed E-state index contributed by atoms with van der Waals surface area (Å²) in [6.45, 7) is 1.71. The third-order valence-electron chi connectivity index (χ3n) is 3.28. The highest BCUT2D eigenvalue weighted by Gasteiger charge is 2.20. The minimum atomic E-state index is -0.291. The number of phenols is 1. The number of phenolic OH excluding ortho intramolecular Hbond substituents is 1. The number of methoxy groups -OCH3 is 2. The molecule has 0 aromatic heterocycles. The summed E-state index contributed by atoms with van der Waals surface area (Å²) in [6.07, 6.45) is 1.77. The Kier molecular flexibility index (Phi) is 4.84. The second kappa shape index (κ2) is 6.80. The van der Waals surface area contributed by atoms with Gasteiger partial charge in [0.2, 0.25) is 0 Å². The molecule has 1 N–H and O–H groups in total. The summed E-state index contributed by atoms with van der Waals surface area (Å²) >= 11 is 0. The van der Waals surface area contributed by atoms with E-state index in [9.17, 15) is 9.90 Å². The standard InChI is InChI=1S/C18H18O4/c1-12(9-13-7-5-4-6-8-13)18(20)17-15(19)10-14(21-2)11-16(17)22-3/h4-11,19H,1-3H3/b12-9+. The largest absolute Gasteiger partial charge is 0.507 e. The van der Waals surface area contributed by atoms with Crippen LogP contribution in [-0.2, 0) is 0 Å². The maximum absolute atomic E-state index is 12.6. The van der Waals surface area contributed by atoms with E-state index in [0.29, 0.717) is 11.3 Å². The van der Waals surface area contributed by atoms with Crippen molar-refractivity contribution in [2.24, 2.45) is 0 Å². The molecule has 22 heavy (non-hydrogen) atoms. The van der Waals surface area contributed by atoms with Crippen LogP contribution in [0.1, 0.15) is 22.8 Å². The van der Waals surface area contributed by atoms with E-state index in [1.165, 1.54) is 20.3 Å². The molecule has 0 atom stereocenters. The number of aromatic hydroxyl groups is 1. The SMILES string of the molecule is COc1cc(O)c(C(=O)/C(C)=C/c2ccccc2)c(OC)c1. The number of Topliss-reactive ketones (excluding diaryl/α,β-unsaturated/α-hetero) is 1. The smallest absolute Gasteiger partial charge is 0.196 e. The van der Waals surface area contributed by atoms with Crippen molar-refractivity contribution in [3.63, 3.8) is 0 Å². The van der Waals surface area contributed by atoms with Crippen LogP contribution in [0.3, 0.4) is 0 Å². The highest BCUT2D eigenvalue weighted by molar-refractivity contribution is 6.14. The topological polar surface area (TPSA) is 55.8 Å². The number of ether oxygens (including phenoxy) is 2. The fraction of sp³-hybridized carbons (Fsp3) is 0.167. The zero-order chi connectivity index (χ0) is 16.1. The first-order valence-corrected chi connectivity index (χ1v) is 6.80.